The summed E-state index contributed by atoms with van der Waals surface area (Å²) in [4.78, 5) is 24.4. The van der Waals surface area contributed by atoms with Gasteiger partial charge in [-0.3, -0.25) is 14.7 Å². The zero-order valence-corrected chi connectivity index (χ0v) is 20.6. The van der Waals surface area contributed by atoms with Gasteiger partial charge in [-0.05, 0) is 81.1 Å². The van der Waals surface area contributed by atoms with Crippen LogP contribution in [0.1, 0.15) is 43.4 Å². The molecule has 0 radical (unpaired) electrons. The molecule has 0 saturated carbocycles. The lowest BCUT2D eigenvalue weighted by Crippen LogP contribution is -2.50. The van der Waals surface area contributed by atoms with Gasteiger partial charge in [-0.25, -0.2) is 0 Å². The van der Waals surface area contributed by atoms with Crippen molar-refractivity contribution in [3.63, 3.8) is 0 Å². The minimum atomic E-state index is 0.248. The van der Waals surface area contributed by atoms with Crippen LogP contribution in [0.4, 0.5) is 0 Å². The summed E-state index contributed by atoms with van der Waals surface area (Å²) in [5.74, 6) is 0.780. The van der Waals surface area contributed by atoms with Crippen LogP contribution < -0.4 is 0 Å². The Morgan fingerprint density at radius 2 is 2.00 bits per heavy atom. The molecule has 0 aliphatic carbocycles. The van der Waals surface area contributed by atoms with Gasteiger partial charge in [0.25, 0.3) is 0 Å². The third kappa shape index (κ3) is 7.02. The van der Waals surface area contributed by atoms with E-state index in [1.54, 1.807) is 0 Å². The summed E-state index contributed by atoms with van der Waals surface area (Å²) in [7, 11) is 1.93. The second-order valence-electron chi connectivity index (χ2n) is 9.65. The van der Waals surface area contributed by atoms with Crippen LogP contribution in [-0.4, -0.2) is 71.4 Å². The minimum absolute atomic E-state index is 0.248. The van der Waals surface area contributed by atoms with Gasteiger partial charge in [0.05, 0.1) is 0 Å². The first-order valence-corrected chi connectivity index (χ1v) is 12.8. The van der Waals surface area contributed by atoms with Crippen LogP contribution in [-0.2, 0) is 17.8 Å². The number of rotatable bonds is 9. The number of likely N-dealkylation sites (N-methyl/N-ethyl adjacent to an activating group) is 1. The highest BCUT2D eigenvalue weighted by Gasteiger charge is 2.34. The third-order valence-electron chi connectivity index (χ3n) is 7.27. The molecule has 1 aromatic heterocycles. The number of carbonyl (C=O) groups is 1. The summed E-state index contributed by atoms with van der Waals surface area (Å²) in [6.07, 6.45) is 8.01. The van der Waals surface area contributed by atoms with E-state index in [0.717, 1.165) is 49.7 Å². The number of carbonyl (C=O) groups excluding carboxylic acids is 1. The van der Waals surface area contributed by atoms with Crippen molar-refractivity contribution in [2.75, 3.05) is 39.8 Å². The molecular formula is C27H37ClN4O. The molecule has 2 fully saturated rings. The highest BCUT2D eigenvalue weighted by Crippen LogP contribution is 2.30. The molecule has 2 atom stereocenters. The van der Waals surface area contributed by atoms with E-state index in [2.05, 4.69) is 26.9 Å². The lowest BCUT2D eigenvalue weighted by atomic mass is 9.86. The van der Waals surface area contributed by atoms with Crippen molar-refractivity contribution in [3.8, 4) is 0 Å². The molecule has 0 N–H and O–H groups in total. The predicted octanol–water partition coefficient (Wildman–Crippen LogP) is 4.50. The van der Waals surface area contributed by atoms with Crippen LogP contribution in [0.2, 0.25) is 5.02 Å². The van der Waals surface area contributed by atoms with Crippen molar-refractivity contribution in [2.45, 2.75) is 51.1 Å². The van der Waals surface area contributed by atoms with Crippen molar-refractivity contribution in [1.82, 2.24) is 19.7 Å². The van der Waals surface area contributed by atoms with E-state index in [1.165, 1.54) is 37.9 Å². The second-order valence-corrected chi connectivity index (χ2v) is 10.1. The van der Waals surface area contributed by atoms with Crippen molar-refractivity contribution < 1.29 is 4.79 Å². The Balaban J connectivity index is 1.32. The Hall–Kier alpha value is -1.95. The highest BCUT2D eigenvalue weighted by molar-refractivity contribution is 6.30. The molecule has 33 heavy (non-hydrogen) atoms. The number of piperidine rings is 1. The Morgan fingerprint density at radius 1 is 1.15 bits per heavy atom. The zero-order chi connectivity index (χ0) is 23.0. The first-order valence-electron chi connectivity index (χ1n) is 12.4. The number of hydrogen-bond donors (Lipinski definition) is 0. The van der Waals surface area contributed by atoms with Crippen molar-refractivity contribution in [2.24, 2.45) is 5.92 Å². The van der Waals surface area contributed by atoms with Gasteiger partial charge in [-0.1, -0.05) is 29.8 Å². The Bertz CT molecular complexity index is 887. The predicted molar refractivity (Wildman–Crippen MR) is 134 cm³/mol. The molecule has 1 amide bonds. The van der Waals surface area contributed by atoms with Gasteiger partial charge >= 0.3 is 0 Å². The molecule has 178 valence electrons. The van der Waals surface area contributed by atoms with Crippen molar-refractivity contribution in [3.05, 3.63) is 64.9 Å². The molecule has 3 heterocycles. The molecule has 0 spiro atoms. The van der Waals surface area contributed by atoms with E-state index in [1.807, 2.05) is 48.5 Å². The van der Waals surface area contributed by atoms with Crippen molar-refractivity contribution >= 4 is 17.5 Å². The fraction of sp³-hybridized carbons (Fsp3) is 0.556. The molecule has 5 nitrogen and oxygen atoms in total. The quantitative estimate of drug-likeness (QED) is 0.543. The number of benzene rings is 1. The molecule has 2 aromatic rings. The van der Waals surface area contributed by atoms with Gasteiger partial charge in [0.2, 0.25) is 5.91 Å². The molecule has 6 heteroatoms. The van der Waals surface area contributed by atoms with E-state index in [-0.39, 0.29) is 5.91 Å². The van der Waals surface area contributed by atoms with Gasteiger partial charge in [0.1, 0.15) is 0 Å². The lowest BCUT2D eigenvalue weighted by Gasteiger charge is -2.43. The first-order chi connectivity index (χ1) is 16.1. The van der Waals surface area contributed by atoms with Crippen LogP contribution in [0, 0.1) is 5.92 Å². The average Bonchev–Trinajstić information content (AvgIpc) is 3.36. The van der Waals surface area contributed by atoms with Crippen LogP contribution in [0.15, 0.2) is 48.7 Å². The van der Waals surface area contributed by atoms with Gasteiger partial charge in [0, 0.05) is 62.5 Å². The van der Waals surface area contributed by atoms with E-state index in [9.17, 15) is 4.79 Å². The Morgan fingerprint density at radius 3 is 2.76 bits per heavy atom. The molecule has 2 saturated heterocycles. The number of amides is 1. The monoisotopic (exact) mass is 468 g/mol. The van der Waals surface area contributed by atoms with Crippen LogP contribution >= 0.6 is 11.6 Å². The average molecular weight is 469 g/mol. The molecule has 2 aliphatic rings. The normalized spacial score (nSPS) is 21.9. The molecule has 0 unspecified atom stereocenters. The fourth-order valence-corrected chi connectivity index (χ4v) is 5.64. The zero-order valence-electron chi connectivity index (χ0n) is 19.8. The largest absolute Gasteiger partial charge is 0.345 e. The smallest absolute Gasteiger partial charge is 0.222 e. The summed E-state index contributed by atoms with van der Waals surface area (Å²) in [6, 6.07) is 14.8. The van der Waals surface area contributed by atoms with Crippen LogP contribution in [0.5, 0.6) is 0 Å². The van der Waals surface area contributed by atoms with Gasteiger partial charge in [-0.15, -0.1) is 0 Å². The minimum Gasteiger partial charge on any atom is -0.345 e. The number of hydrogen-bond acceptors (Lipinski definition) is 4. The SMILES string of the molecule is CN(CCc1ccccn1)C(=O)CC[C@@H]1CN(Cc2cccc(Cl)c2)CC[C@@H]1N1CCCC1. The van der Waals surface area contributed by atoms with Crippen molar-refractivity contribution in [1.29, 1.82) is 0 Å². The summed E-state index contributed by atoms with van der Waals surface area (Å²) < 4.78 is 0. The van der Waals surface area contributed by atoms with E-state index >= 15 is 0 Å². The van der Waals surface area contributed by atoms with Gasteiger partial charge in [0.15, 0.2) is 0 Å². The maximum atomic E-state index is 12.9. The van der Waals surface area contributed by atoms with Gasteiger partial charge in [-0.2, -0.15) is 0 Å². The first kappa shape index (κ1) is 24.2. The van der Waals surface area contributed by atoms with E-state index in [0.29, 0.717) is 18.4 Å². The maximum Gasteiger partial charge on any atom is 0.222 e. The van der Waals surface area contributed by atoms with E-state index in [4.69, 9.17) is 11.6 Å². The van der Waals surface area contributed by atoms with Gasteiger partial charge < -0.3 is 9.80 Å². The number of pyridine rings is 1. The summed E-state index contributed by atoms with van der Waals surface area (Å²) in [5.41, 5.74) is 2.31. The van der Waals surface area contributed by atoms with Crippen LogP contribution in [0.3, 0.4) is 0 Å². The van der Waals surface area contributed by atoms with Crippen LogP contribution in [0.25, 0.3) is 0 Å². The highest BCUT2D eigenvalue weighted by atomic mass is 35.5. The lowest BCUT2D eigenvalue weighted by molar-refractivity contribution is -0.130. The topological polar surface area (TPSA) is 39.7 Å². The summed E-state index contributed by atoms with van der Waals surface area (Å²) >= 11 is 6.21. The number of likely N-dealkylation sites (tertiary alicyclic amines) is 2. The molecule has 0 bridgehead atoms. The Kier molecular flexibility index (Phi) is 8.76. The third-order valence-corrected chi connectivity index (χ3v) is 7.50. The summed E-state index contributed by atoms with van der Waals surface area (Å²) in [5, 5.41) is 0.801. The standard InChI is InChI=1S/C27H37ClN4O/c1-30(17-12-25-9-2-3-14-29-25)27(33)11-10-23-21-31(20-22-7-6-8-24(28)19-22)18-13-26(23)32-15-4-5-16-32/h2-3,6-9,14,19,23,26H,4-5,10-13,15-18,20-21H2,1H3/t23-,26+/m1/s1. The molecule has 4 rings (SSSR count). The fourth-order valence-electron chi connectivity index (χ4n) is 5.42. The molecule has 2 aliphatic heterocycles. The number of halogens is 1. The van der Waals surface area contributed by atoms with E-state index < -0.39 is 0 Å². The Labute approximate surface area is 203 Å². The molecular weight excluding hydrogens is 432 g/mol. The molecule has 1 aromatic carbocycles. The maximum absolute atomic E-state index is 12.9. The second kappa shape index (κ2) is 12.0. The summed E-state index contributed by atoms with van der Waals surface area (Å²) in [6.45, 7) is 6.25. The number of aromatic nitrogens is 1. The number of nitrogens with zero attached hydrogens (tertiary/aromatic N) is 4.